The summed E-state index contributed by atoms with van der Waals surface area (Å²) in [4.78, 5) is 13.3. The van der Waals surface area contributed by atoms with E-state index < -0.39 is 11.0 Å². The van der Waals surface area contributed by atoms with Gasteiger partial charge in [0.2, 0.25) is 0 Å². The van der Waals surface area contributed by atoms with E-state index in [1.165, 1.54) is 29.2 Å². The summed E-state index contributed by atoms with van der Waals surface area (Å²) in [6, 6.07) is 0. The maximum atomic E-state index is 12.1. The summed E-state index contributed by atoms with van der Waals surface area (Å²) >= 11 is 1.89. The molecule has 0 spiro atoms. The number of fused-ring (bicyclic) bond motifs is 3. The van der Waals surface area contributed by atoms with Gasteiger partial charge < -0.3 is 0 Å². The molecule has 1 aliphatic heterocycles. The van der Waals surface area contributed by atoms with Gasteiger partial charge in [-0.15, -0.1) is 0 Å². The average Bonchev–Trinajstić information content (AvgIpc) is 2.80. The minimum absolute atomic E-state index is 0.0965. The molecule has 3 rings (SSSR count). The number of rotatable bonds is 0. The standard InChI is InChI=1S/C10H9NO2S2Se/c1-4-6-7(5(2)16-4)14-8-9(6)15(13)11(3)10(8)12/h1-3H3. The Balaban J connectivity index is 2.47. The molecular weight excluding hydrogens is 309 g/mol. The molecule has 3 heterocycles. The number of amides is 1. The topological polar surface area (TPSA) is 37.4 Å². The molecule has 1 aliphatic rings. The first kappa shape index (κ1) is 10.7. The van der Waals surface area contributed by atoms with Crippen LogP contribution in [0.4, 0.5) is 0 Å². The summed E-state index contributed by atoms with van der Waals surface area (Å²) in [7, 11) is 0.312. The third kappa shape index (κ3) is 1.13. The van der Waals surface area contributed by atoms with Gasteiger partial charge in [0.15, 0.2) is 0 Å². The van der Waals surface area contributed by atoms with Gasteiger partial charge in [-0.1, -0.05) is 0 Å². The van der Waals surface area contributed by atoms with Gasteiger partial charge in [-0.2, -0.15) is 0 Å². The van der Waals surface area contributed by atoms with Crippen LogP contribution in [0.5, 0.6) is 0 Å². The zero-order valence-corrected chi connectivity index (χ0v) is 12.3. The van der Waals surface area contributed by atoms with E-state index in [2.05, 4.69) is 13.8 Å². The van der Waals surface area contributed by atoms with Crippen LogP contribution >= 0.6 is 11.3 Å². The number of carbonyl (C=O) groups is 1. The van der Waals surface area contributed by atoms with Gasteiger partial charge >= 0.3 is 106 Å². The Kier molecular flexibility index (Phi) is 2.20. The molecule has 0 aliphatic carbocycles. The van der Waals surface area contributed by atoms with E-state index in [-0.39, 0.29) is 5.91 Å². The Hall–Kier alpha value is -0.421. The molecule has 16 heavy (non-hydrogen) atoms. The van der Waals surface area contributed by atoms with Crippen molar-refractivity contribution in [1.29, 1.82) is 0 Å². The normalized spacial score (nSPS) is 19.8. The molecule has 0 radical (unpaired) electrons. The third-order valence-corrected chi connectivity index (χ3v) is 8.03. The number of nitrogens with zero attached hydrogens (tertiary/aromatic N) is 1. The second-order valence-corrected chi connectivity index (χ2v) is 9.20. The van der Waals surface area contributed by atoms with Crippen LogP contribution in [0.25, 0.3) is 10.1 Å². The predicted molar refractivity (Wildman–Crippen MR) is 66.7 cm³/mol. The van der Waals surface area contributed by atoms with E-state index in [9.17, 15) is 9.00 Å². The molecular formula is C10H9NO2S2Se. The predicted octanol–water partition coefficient (Wildman–Crippen LogP) is 1.68. The van der Waals surface area contributed by atoms with Crippen LogP contribution < -0.4 is 0 Å². The fourth-order valence-corrected chi connectivity index (χ4v) is 7.54. The van der Waals surface area contributed by atoms with Gasteiger partial charge in [-0.05, 0) is 0 Å². The van der Waals surface area contributed by atoms with Gasteiger partial charge in [0.05, 0.1) is 0 Å². The fourth-order valence-electron chi connectivity index (χ4n) is 1.97. The van der Waals surface area contributed by atoms with Crippen LogP contribution in [0.1, 0.15) is 18.5 Å². The van der Waals surface area contributed by atoms with Gasteiger partial charge in [-0.25, -0.2) is 0 Å². The molecule has 1 unspecified atom stereocenters. The van der Waals surface area contributed by atoms with Gasteiger partial charge in [0.1, 0.15) is 0 Å². The Morgan fingerprint density at radius 1 is 1.31 bits per heavy atom. The molecule has 0 N–H and O–H groups in total. The quantitative estimate of drug-likeness (QED) is 0.693. The first-order valence-electron chi connectivity index (χ1n) is 4.74. The molecule has 0 aromatic carbocycles. The molecule has 2 aromatic rings. The van der Waals surface area contributed by atoms with Crippen molar-refractivity contribution in [3.63, 3.8) is 0 Å². The summed E-state index contributed by atoms with van der Waals surface area (Å²) in [5, 5.41) is 1.11. The summed E-state index contributed by atoms with van der Waals surface area (Å²) < 4.78 is 17.3. The third-order valence-electron chi connectivity index (χ3n) is 2.75. The Bertz CT molecular complexity index is 655. The van der Waals surface area contributed by atoms with Crippen molar-refractivity contribution in [2.75, 3.05) is 7.05 Å². The van der Waals surface area contributed by atoms with E-state index >= 15 is 0 Å². The zero-order valence-electron chi connectivity index (χ0n) is 8.99. The maximum absolute atomic E-state index is 12.1. The molecule has 1 amide bonds. The number of hydrogen-bond donors (Lipinski definition) is 0. The molecule has 6 heteroatoms. The zero-order chi connectivity index (χ0) is 11.6. The van der Waals surface area contributed by atoms with Crippen LogP contribution in [0.3, 0.4) is 0 Å². The molecule has 0 saturated heterocycles. The Morgan fingerprint density at radius 2 is 2.00 bits per heavy atom. The van der Waals surface area contributed by atoms with Crippen LogP contribution in [0.2, 0.25) is 0 Å². The van der Waals surface area contributed by atoms with E-state index in [1.807, 2.05) is 0 Å². The second kappa shape index (κ2) is 3.29. The van der Waals surface area contributed by atoms with Crippen molar-refractivity contribution in [2.45, 2.75) is 18.7 Å². The molecule has 2 aromatic heterocycles. The summed E-state index contributed by atoms with van der Waals surface area (Å²) in [5.74, 6) is -0.0965. The van der Waals surface area contributed by atoms with Crippen molar-refractivity contribution in [2.24, 2.45) is 0 Å². The second-order valence-electron chi connectivity index (χ2n) is 3.73. The molecule has 0 fully saturated rings. The molecule has 84 valence electrons. The van der Waals surface area contributed by atoms with Crippen LogP contribution in [-0.4, -0.2) is 36.0 Å². The first-order chi connectivity index (χ1) is 7.52. The molecule has 0 bridgehead atoms. The molecule has 3 nitrogen and oxygen atoms in total. The van der Waals surface area contributed by atoms with Gasteiger partial charge in [0.25, 0.3) is 0 Å². The van der Waals surface area contributed by atoms with Crippen molar-refractivity contribution in [3.8, 4) is 0 Å². The van der Waals surface area contributed by atoms with Crippen LogP contribution in [-0.2, 0) is 11.0 Å². The average molecular weight is 318 g/mol. The van der Waals surface area contributed by atoms with Crippen molar-refractivity contribution >= 4 is 52.8 Å². The number of hydrogen-bond acceptors (Lipinski definition) is 3. The molecule has 0 saturated carbocycles. The number of carbonyl (C=O) groups excluding carboxylic acids is 1. The summed E-state index contributed by atoms with van der Waals surface area (Å²) in [6.07, 6.45) is 0. The minimum atomic E-state index is -1.29. The van der Waals surface area contributed by atoms with Crippen LogP contribution in [0.15, 0.2) is 4.90 Å². The van der Waals surface area contributed by atoms with E-state index in [4.69, 9.17) is 0 Å². The van der Waals surface area contributed by atoms with E-state index in [0.29, 0.717) is 19.4 Å². The fraction of sp³-hybridized carbons (Fsp3) is 0.300. The van der Waals surface area contributed by atoms with Crippen molar-refractivity contribution in [3.05, 3.63) is 13.8 Å². The Labute approximate surface area is 105 Å². The van der Waals surface area contributed by atoms with Crippen molar-refractivity contribution < 1.29 is 9.00 Å². The number of thiophene rings is 1. The SMILES string of the molecule is Cc1[se]c(C)c2c3c(sc12)C(=O)N(C)S3=O. The van der Waals surface area contributed by atoms with Gasteiger partial charge in [-0.3, -0.25) is 0 Å². The number of aryl methyl sites for hydroxylation is 2. The summed E-state index contributed by atoms with van der Waals surface area (Å²) in [6.45, 7) is 4.19. The monoisotopic (exact) mass is 319 g/mol. The van der Waals surface area contributed by atoms with Gasteiger partial charge in [0, 0.05) is 0 Å². The molecule has 1 atom stereocenters. The van der Waals surface area contributed by atoms with E-state index in [0.717, 1.165) is 10.3 Å². The van der Waals surface area contributed by atoms with E-state index in [1.54, 1.807) is 7.05 Å². The summed E-state index contributed by atoms with van der Waals surface area (Å²) in [5.41, 5.74) is 0. The Morgan fingerprint density at radius 3 is 2.69 bits per heavy atom. The first-order valence-corrected chi connectivity index (χ1v) is 8.38. The van der Waals surface area contributed by atoms with Crippen LogP contribution in [0, 0.1) is 13.8 Å². The van der Waals surface area contributed by atoms with Crippen molar-refractivity contribution in [1.82, 2.24) is 4.31 Å².